The molecule has 0 aliphatic rings. The Kier molecular flexibility index (Phi) is 5.82. The van der Waals surface area contributed by atoms with E-state index in [1.165, 1.54) is 6.07 Å². The molecule has 0 spiro atoms. The van der Waals surface area contributed by atoms with Gasteiger partial charge in [0.2, 0.25) is 0 Å². The monoisotopic (exact) mass is 440 g/mol. The van der Waals surface area contributed by atoms with Crippen LogP contribution in [0.25, 0.3) is 22.4 Å². The van der Waals surface area contributed by atoms with Crippen LogP contribution in [0.4, 0.5) is 13.2 Å². The van der Waals surface area contributed by atoms with E-state index >= 15 is 0 Å². The lowest BCUT2D eigenvalue weighted by atomic mass is 10.1. The highest BCUT2D eigenvalue weighted by atomic mass is 19.4. The van der Waals surface area contributed by atoms with Crippen molar-refractivity contribution in [3.05, 3.63) is 77.4 Å². The van der Waals surface area contributed by atoms with E-state index in [4.69, 9.17) is 9.47 Å². The Hall–Kier alpha value is -3.48. The number of halogens is 3. The molecule has 0 aliphatic heterocycles. The summed E-state index contributed by atoms with van der Waals surface area (Å²) in [6.07, 6.45) is -3.77. The van der Waals surface area contributed by atoms with Gasteiger partial charge in [-0.1, -0.05) is 35.9 Å². The third-order valence-electron chi connectivity index (χ3n) is 5.46. The third-order valence-corrected chi connectivity index (χ3v) is 5.46. The van der Waals surface area contributed by atoms with E-state index in [1.54, 1.807) is 14.2 Å². The van der Waals surface area contributed by atoms with Crippen molar-refractivity contribution in [1.29, 1.82) is 0 Å². The highest BCUT2D eigenvalue weighted by Crippen LogP contribution is 2.34. The van der Waals surface area contributed by atoms with Crippen molar-refractivity contribution in [2.45, 2.75) is 26.1 Å². The van der Waals surface area contributed by atoms with Gasteiger partial charge in [-0.05, 0) is 49.2 Å². The molecule has 1 aromatic heterocycles. The molecule has 0 N–H and O–H groups in total. The fourth-order valence-corrected chi connectivity index (χ4v) is 3.73. The zero-order chi connectivity index (χ0) is 22.9. The molecule has 4 rings (SSSR count). The maximum absolute atomic E-state index is 13.2. The fourth-order valence-electron chi connectivity index (χ4n) is 3.73. The minimum Gasteiger partial charge on any atom is -0.493 e. The zero-order valence-corrected chi connectivity index (χ0v) is 18.0. The van der Waals surface area contributed by atoms with E-state index < -0.39 is 11.7 Å². The summed E-state index contributed by atoms with van der Waals surface area (Å²) < 4.78 is 52.4. The maximum atomic E-state index is 13.2. The van der Waals surface area contributed by atoms with Crippen molar-refractivity contribution >= 4 is 11.0 Å². The largest absolute Gasteiger partial charge is 0.493 e. The van der Waals surface area contributed by atoms with Gasteiger partial charge in [0, 0.05) is 12.1 Å². The molecule has 0 fully saturated rings. The quantitative estimate of drug-likeness (QED) is 0.354. The van der Waals surface area contributed by atoms with E-state index in [9.17, 15) is 13.2 Å². The summed E-state index contributed by atoms with van der Waals surface area (Å²) >= 11 is 0. The summed E-state index contributed by atoms with van der Waals surface area (Å²) in [6.45, 7) is 2.53. The average molecular weight is 440 g/mol. The predicted molar refractivity (Wildman–Crippen MR) is 118 cm³/mol. The second-order valence-corrected chi connectivity index (χ2v) is 7.59. The molecule has 166 valence electrons. The van der Waals surface area contributed by atoms with Crippen LogP contribution in [0.5, 0.6) is 11.5 Å². The zero-order valence-electron chi connectivity index (χ0n) is 18.0. The first kappa shape index (κ1) is 21.7. The van der Waals surface area contributed by atoms with E-state index in [-0.39, 0.29) is 0 Å². The van der Waals surface area contributed by atoms with Crippen molar-refractivity contribution in [3.63, 3.8) is 0 Å². The average Bonchev–Trinajstić information content (AvgIpc) is 3.15. The number of rotatable bonds is 6. The molecule has 7 heteroatoms. The lowest BCUT2D eigenvalue weighted by Gasteiger charge is -2.12. The summed E-state index contributed by atoms with van der Waals surface area (Å²) in [4.78, 5) is 4.58. The number of fused-ring (bicyclic) bond motifs is 1. The van der Waals surface area contributed by atoms with Gasteiger partial charge in [-0.2, -0.15) is 13.2 Å². The first-order valence-electron chi connectivity index (χ1n) is 10.2. The molecule has 0 amide bonds. The molecule has 0 saturated heterocycles. The van der Waals surface area contributed by atoms with Gasteiger partial charge in [0.25, 0.3) is 0 Å². The van der Waals surface area contributed by atoms with Crippen LogP contribution in [0.1, 0.15) is 16.7 Å². The molecular formula is C25H23F3N2O2. The van der Waals surface area contributed by atoms with Gasteiger partial charge in [-0.15, -0.1) is 0 Å². The highest BCUT2D eigenvalue weighted by Gasteiger charge is 2.31. The Labute approximate surface area is 184 Å². The first-order chi connectivity index (χ1) is 15.3. The number of alkyl halides is 3. The molecule has 4 aromatic rings. The van der Waals surface area contributed by atoms with E-state index in [2.05, 4.69) is 4.98 Å². The van der Waals surface area contributed by atoms with E-state index in [1.807, 2.05) is 54.0 Å². The van der Waals surface area contributed by atoms with Crippen molar-refractivity contribution in [2.75, 3.05) is 14.2 Å². The van der Waals surface area contributed by atoms with Crippen LogP contribution >= 0.6 is 0 Å². The Morgan fingerprint density at radius 1 is 0.875 bits per heavy atom. The number of aryl methyl sites for hydroxylation is 3. The summed E-state index contributed by atoms with van der Waals surface area (Å²) in [5.41, 5.74) is 3.25. The Bertz CT molecular complexity index is 1240. The van der Waals surface area contributed by atoms with Crippen molar-refractivity contribution < 1.29 is 22.6 Å². The van der Waals surface area contributed by atoms with Crippen molar-refractivity contribution in [2.24, 2.45) is 0 Å². The van der Waals surface area contributed by atoms with Crippen LogP contribution in [-0.2, 0) is 19.1 Å². The molecule has 0 radical (unpaired) electrons. The van der Waals surface area contributed by atoms with Crippen LogP contribution in [0, 0.1) is 6.92 Å². The molecule has 32 heavy (non-hydrogen) atoms. The normalized spacial score (nSPS) is 11.7. The molecule has 0 atom stereocenters. The lowest BCUT2D eigenvalue weighted by Crippen LogP contribution is -2.06. The third kappa shape index (κ3) is 4.28. The molecule has 3 aromatic carbocycles. The van der Waals surface area contributed by atoms with Crippen LogP contribution in [0.3, 0.4) is 0 Å². The molecular weight excluding hydrogens is 417 g/mol. The Balaban J connectivity index is 1.76. The Morgan fingerprint density at radius 2 is 1.59 bits per heavy atom. The second-order valence-electron chi connectivity index (χ2n) is 7.59. The maximum Gasteiger partial charge on any atom is 0.416 e. The van der Waals surface area contributed by atoms with Crippen LogP contribution < -0.4 is 9.47 Å². The van der Waals surface area contributed by atoms with E-state index in [0.717, 1.165) is 28.8 Å². The minimum atomic E-state index is -4.42. The Morgan fingerprint density at radius 3 is 2.25 bits per heavy atom. The van der Waals surface area contributed by atoms with Gasteiger partial charge < -0.3 is 14.0 Å². The topological polar surface area (TPSA) is 36.3 Å². The number of imidazole rings is 1. The van der Waals surface area contributed by atoms with E-state index in [0.29, 0.717) is 41.3 Å². The van der Waals surface area contributed by atoms with Crippen molar-refractivity contribution in [3.8, 4) is 22.9 Å². The van der Waals surface area contributed by atoms with Gasteiger partial charge in [0.1, 0.15) is 5.82 Å². The highest BCUT2D eigenvalue weighted by molar-refractivity contribution is 5.81. The van der Waals surface area contributed by atoms with Crippen LogP contribution in [0.2, 0.25) is 0 Å². The SMILES string of the molecule is COc1ccc(CCn2c(-c3ccc(C)cc3)nc3cc(C(F)(F)F)ccc32)cc1OC. The number of hydrogen-bond acceptors (Lipinski definition) is 3. The van der Waals surface area contributed by atoms with Gasteiger partial charge in [-0.3, -0.25) is 0 Å². The number of hydrogen-bond donors (Lipinski definition) is 0. The smallest absolute Gasteiger partial charge is 0.416 e. The number of methoxy groups -OCH3 is 2. The number of ether oxygens (including phenoxy) is 2. The molecule has 1 heterocycles. The second kappa shape index (κ2) is 8.57. The van der Waals surface area contributed by atoms with Gasteiger partial charge in [0.05, 0.1) is 30.8 Å². The first-order valence-corrected chi connectivity index (χ1v) is 10.2. The van der Waals surface area contributed by atoms with Crippen molar-refractivity contribution in [1.82, 2.24) is 9.55 Å². The van der Waals surface area contributed by atoms with Gasteiger partial charge in [0.15, 0.2) is 11.5 Å². The predicted octanol–water partition coefficient (Wildman–Crippen LogP) is 6.29. The number of aromatic nitrogens is 2. The summed E-state index contributed by atoms with van der Waals surface area (Å²) in [5, 5.41) is 0. The van der Waals surface area contributed by atoms with Crippen LogP contribution in [-0.4, -0.2) is 23.8 Å². The molecule has 0 bridgehead atoms. The summed E-state index contributed by atoms with van der Waals surface area (Å²) in [7, 11) is 3.16. The molecule has 0 aliphatic carbocycles. The van der Waals surface area contributed by atoms with Gasteiger partial charge >= 0.3 is 6.18 Å². The molecule has 4 nitrogen and oxygen atoms in total. The number of nitrogens with zero attached hydrogens (tertiary/aromatic N) is 2. The molecule has 0 saturated carbocycles. The molecule has 0 unspecified atom stereocenters. The van der Waals surface area contributed by atoms with Crippen LogP contribution in [0.15, 0.2) is 60.7 Å². The van der Waals surface area contributed by atoms with Gasteiger partial charge in [-0.25, -0.2) is 4.98 Å². The summed E-state index contributed by atoms with van der Waals surface area (Å²) in [6, 6.07) is 17.2. The minimum absolute atomic E-state index is 0.322. The fraction of sp³-hybridized carbons (Fsp3) is 0.240. The lowest BCUT2D eigenvalue weighted by molar-refractivity contribution is -0.137. The summed E-state index contributed by atoms with van der Waals surface area (Å²) in [5.74, 6) is 1.92. The standard InChI is InChI=1S/C25H23F3N2O2/c1-16-4-7-18(8-5-16)24-29-20-15-19(25(26,27)28)9-10-21(20)30(24)13-12-17-6-11-22(31-2)23(14-17)32-3/h4-11,14-15H,12-13H2,1-3H3. The number of benzene rings is 3.